The van der Waals surface area contributed by atoms with Gasteiger partial charge in [0.05, 0.1) is 17.3 Å². The van der Waals surface area contributed by atoms with Gasteiger partial charge in [-0.25, -0.2) is 4.39 Å². The van der Waals surface area contributed by atoms with E-state index in [2.05, 4.69) is 21.2 Å². The highest BCUT2D eigenvalue weighted by Gasteiger charge is 2.23. The summed E-state index contributed by atoms with van der Waals surface area (Å²) in [5.41, 5.74) is 1.49. The quantitative estimate of drug-likeness (QED) is 0.864. The minimum Gasteiger partial charge on any atom is -0.488 e. The van der Waals surface area contributed by atoms with Gasteiger partial charge < -0.3 is 10.1 Å². The maximum Gasteiger partial charge on any atom is 0.147 e. The van der Waals surface area contributed by atoms with Crippen molar-refractivity contribution in [2.75, 3.05) is 11.9 Å². The van der Waals surface area contributed by atoms with Crippen molar-refractivity contribution >= 4 is 33.2 Å². The first-order valence-electron chi connectivity index (χ1n) is 6.26. The van der Waals surface area contributed by atoms with E-state index >= 15 is 0 Å². The van der Waals surface area contributed by atoms with E-state index in [0.717, 1.165) is 22.2 Å². The third-order valence-corrected chi connectivity index (χ3v) is 4.04. The molecule has 0 radical (unpaired) electrons. The van der Waals surface area contributed by atoms with Crippen molar-refractivity contribution < 1.29 is 9.13 Å². The molecular formula is C15H12BrClFNO. The Kier molecular flexibility index (Phi) is 3.85. The second-order valence-corrected chi connectivity index (χ2v) is 6.00. The van der Waals surface area contributed by atoms with Crippen molar-refractivity contribution in [2.24, 2.45) is 0 Å². The molecule has 0 saturated carbocycles. The van der Waals surface area contributed by atoms with Gasteiger partial charge in [0.2, 0.25) is 0 Å². The zero-order valence-corrected chi connectivity index (χ0v) is 12.8. The minimum atomic E-state index is -0.351. The molecule has 0 spiro atoms. The van der Waals surface area contributed by atoms with Gasteiger partial charge in [0.15, 0.2) is 0 Å². The Morgan fingerprint density at radius 3 is 3.00 bits per heavy atom. The molecule has 1 aliphatic heterocycles. The molecule has 5 heteroatoms. The molecule has 2 aromatic rings. The smallest absolute Gasteiger partial charge is 0.147 e. The molecule has 0 bridgehead atoms. The van der Waals surface area contributed by atoms with Crippen LogP contribution in [-0.4, -0.2) is 12.6 Å². The van der Waals surface area contributed by atoms with E-state index in [1.165, 1.54) is 6.07 Å². The van der Waals surface area contributed by atoms with Crippen LogP contribution >= 0.6 is 27.5 Å². The zero-order valence-electron chi connectivity index (χ0n) is 10.5. The Morgan fingerprint density at radius 2 is 2.20 bits per heavy atom. The van der Waals surface area contributed by atoms with Crippen LogP contribution in [0.5, 0.6) is 5.75 Å². The topological polar surface area (TPSA) is 21.3 Å². The lowest BCUT2D eigenvalue weighted by Gasteiger charge is -2.14. The van der Waals surface area contributed by atoms with Crippen molar-refractivity contribution in [2.45, 2.75) is 12.5 Å². The summed E-state index contributed by atoms with van der Waals surface area (Å²) in [6.45, 7) is 0.507. The number of hydrogen-bond donors (Lipinski definition) is 1. The summed E-state index contributed by atoms with van der Waals surface area (Å²) >= 11 is 9.42. The van der Waals surface area contributed by atoms with Crippen LogP contribution in [0.2, 0.25) is 5.02 Å². The maximum absolute atomic E-state index is 13.6. The van der Waals surface area contributed by atoms with Crippen LogP contribution in [0.1, 0.15) is 5.56 Å². The van der Waals surface area contributed by atoms with E-state index in [1.807, 2.05) is 18.2 Å². The summed E-state index contributed by atoms with van der Waals surface area (Å²) < 4.78 is 20.5. The molecule has 0 saturated heterocycles. The van der Waals surface area contributed by atoms with Crippen LogP contribution in [0.4, 0.5) is 10.1 Å². The second kappa shape index (κ2) is 5.62. The molecule has 2 nitrogen and oxygen atoms in total. The Balaban J connectivity index is 1.67. The summed E-state index contributed by atoms with van der Waals surface area (Å²) in [5.74, 6) is 0.537. The fourth-order valence-corrected chi connectivity index (χ4v) is 2.92. The van der Waals surface area contributed by atoms with Gasteiger partial charge in [0.25, 0.3) is 0 Å². The fraction of sp³-hybridized carbons (Fsp3) is 0.200. The molecule has 3 rings (SSSR count). The lowest BCUT2D eigenvalue weighted by atomic mass is 10.1. The summed E-state index contributed by atoms with van der Waals surface area (Å²) in [7, 11) is 0. The van der Waals surface area contributed by atoms with Gasteiger partial charge in [0.1, 0.15) is 17.7 Å². The standard InChI is InChI=1S/C15H12BrClFNO/c16-10-4-5-14-9(6-10)7-11(20-14)8-19-15-12(17)2-1-3-13(15)18/h1-6,11,19H,7-8H2. The number of rotatable bonds is 3. The number of hydrogen-bond acceptors (Lipinski definition) is 2. The van der Waals surface area contributed by atoms with Crippen molar-refractivity contribution in [1.29, 1.82) is 0 Å². The normalized spacial score (nSPS) is 16.6. The first-order valence-corrected chi connectivity index (χ1v) is 7.43. The fourth-order valence-electron chi connectivity index (χ4n) is 2.29. The van der Waals surface area contributed by atoms with Crippen LogP contribution < -0.4 is 10.1 Å². The number of nitrogens with one attached hydrogen (secondary N) is 1. The molecular weight excluding hydrogens is 345 g/mol. The van der Waals surface area contributed by atoms with Crippen molar-refractivity contribution in [3.8, 4) is 5.75 Å². The average molecular weight is 357 g/mol. The highest BCUT2D eigenvalue weighted by Crippen LogP contribution is 2.32. The molecule has 104 valence electrons. The van der Waals surface area contributed by atoms with Crippen molar-refractivity contribution in [3.05, 3.63) is 57.3 Å². The van der Waals surface area contributed by atoms with E-state index in [9.17, 15) is 4.39 Å². The van der Waals surface area contributed by atoms with Gasteiger partial charge in [-0.05, 0) is 35.9 Å². The first-order chi connectivity index (χ1) is 9.63. The molecule has 1 aliphatic rings. The summed E-state index contributed by atoms with van der Waals surface area (Å²) in [6, 6.07) is 10.6. The van der Waals surface area contributed by atoms with Gasteiger partial charge in [-0.3, -0.25) is 0 Å². The van der Waals surface area contributed by atoms with Gasteiger partial charge in [-0.15, -0.1) is 0 Å². The second-order valence-electron chi connectivity index (χ2n) is 4.67. The predicted molar refractivity (Wildman–Crippen MR) is 82.2 cm³/mol. The maximum atomic E-state index is 13.6. The van der Waals surface area contributed by atoms with Gasteiger partial charge in [0, 0.05) is 10.9 Å². The lowest BCUT2D eigenvalue weighted by molar-refractivity contribution is 0.246. The van der Waals surface area contributed by atoms with Gasteiger partial charge >= 0.3 is 0 Å². The van der Waals surface area contributed by atoms with Crippen molar-refractivity contribution in [3.63, 3.8) is 0 Å². The highest BCUT2D eigenvalue weighted by atomic mass is 79.9. The minimum absolute atomic E-state index is 0.0185. The molecule has 0 fully saturated rings. The molecule has 20 heavy (non-hydrogen) atoms. The molecule has 1 atom stereocenters. The van der Waals surface area contributed by atoms with Crippen LogP contribution in [0.25, 0.3) is 0 Å². The zero-order chi connectivity index (χ0) is 14.1. The van der Waals surface area contributed by atoms with Crippen LogP contribution in [0.15, 0.2) is 40.9 Å². The largest absolute Gasteiger partial charge is 0.488 e. The molecule has 0 aliphatic carbocycles. The van der Waals surface area contributed by atoms with Crippen LogP contribution in [0.3, 0.4) is 0 Å². The van der Waals surface area contributed by atoms with Crippen molar-refractivity contribution in [1.82, 2.24) is 0 Å². The number of ether oxygens (including phenoxy) is 1. The van der Waals surface area contributed by atoms with E-state index in [-0.39, 0.29) is 11.9 Å². The summed E-state index contributed by atoms with van der Waals surface area (Å²) in [5, 5.41) is 3.41. The summed E-state index contributed by atoms with van der Waals surface area (Å²) in [6.07, 6.45) is 0.781. The average Bonchev–Trinajstić information content (AvgIpc) is 2.80. The number of anilines is 1. The Hall–Kier alpha value is -1.26. The lowest BCUT2D eigenvalue weighted by Crippen LogP contribution is -2.24. The predicted octanol–water partition coefficient (Wildman–Crippen LogP) is 4.66. The molecule has 0 amide bonds. The van der Waals surface area contributed by atoms with Gasteiger partial charge in [-0.2, -0.15) is 0 Å². The van der Waals surface area contributed by atoms with E-state index in [1.54, 1.807) is 12.1 Å². The first kappa shape index (κ1) is 13.7. The van der Waals surface area contributed by atoms with E-state index < -0.39 is 0 Å². The van der Waals surface area contributed by atoms with Crippen LogP contribution in [-0.2, 0) is 6.42 Å². The number of halogens is 3. The summed E-state index contributed by atoms with van der Waals surface area (Å²) in [4.78, 5) is 0. The Labute approximate surface area is 130 Å². The number of para-hydroxylation sites is 1. The monoisotopic (exact) mass is 355 g/mol. The van der Waals surface area contributed by atoms with Crippen LogP contribution in [0, 0.1) is 5.82 Å². The third kappa shape index (κ3) is 2.76. The third-order valence-electron chi connectivity index (χ3n) is 3.23. The molecule has 1 heterocycles. The highest BCUT2D eigenvalue weighted by molar-refractivity contribution is 9.10. The Bertz CT molecular complexity index is 630. The number of benzene rings is 2. The van der Waals surface area contributed by atoms with Gasteiger partial charge in [-0.1, -0.05) is 33.6 Å². The van der Waals surface area contributed by atoms with E-state index in [4.69, 9.17) is 16.3 Å². The molecule has 2 aromatic carbocycles. The molecule has 1 unspecified atom stereocenters. The SMILES string of the molecule is Fc1cccc(Cl)c1NCC1Cc2cc(Br)ccc2O1. The molecule has 0 aromatic heterocycles. The Morgan fingerprint density at radius 1 is 1.35 bits per heavy atom. The van der Waals surface area contributed by atoms with E-state index in [0.29, 0.717) is 17.3 Å². The molecule has 1 N–H and O–H groups in total. The number of fused-ring (bicyclic) bond motifs is 1.